The lowest BCUT2D eigenvalue weighted by molar-refractivity contribution is 0.0996. The fraction of sp³-hybridized carbons (Fsp3) is 0. The predicted octanol–water partition coefficient (Wildman–Crippen LogP) is 1.47. The number of primary amides is 1. The van der Waals surface area contributed by atoms with Gasteiger partial charge in [0.1, 0.15) is 11.5 Å². The second-order valence-corrected chi connectivity index (χ2v) is 3.86. The minimum Gasteiger partial charge on any atom is -0.364 e. The lowest BCUT2D eigenvalue weighted by Crippen LogP contribution is -2.12. The molecule has 1 aromatic heterocycles. The number of hydrogen-bond acceptors (Lipinski definition) is 3. The highest BCUT2D eigenvalue weighted by Crippen LogP contribution is 2.28. The third-order valence-electron chi connectivity index (χ3n) is 1.97. The number of nitrogens with one attached hydrogen (secondary N) is 1. The Morgan fingerprint density at radius 1 is 1.44 bits per heavy atom. The van der Waals surface area contributed by atoms with Gasteiger partial charge in [0.25, 0.3) is 5.91 Å². The van der Waals surface area contributed by atoms with Crippen molar-refractivity contribution in [2.75, 3.05) is 0 Å². The van der Waals surface area contributed by atoms with E-state index in [1.807, 2.05) is 0 Å². The Morgan fingerprint density at radius 3 is 2.81 bits per heavy atom. The number of aromatic nitrogens is 3. The van der Waals surface area contributed by atoms with Crippen LogP contribution < -0.4 is 5.73 Å². The van der Waals surface area contributed by atoms with E-state index in [0.29, 0.717) is 15.7 Å². The highest BCUT2D eigenvalue weighted by atomic mass is 79.9. The summed E-state index contributed by atoms with van der Waals surface area (Å²) < 4.78 is 13.4. The van der Waals surface area contributed by atoms with Crippen molar-refractivity contribution in [3.63, 3.8) is 0 Å². The Bertz CT molecular complexity index is 554. The summed E-state index contributed by atoms with van der Waals surface area (Å²) >= 11 is 3.18. The van der Waals surface area contributed by atoms with E-state index in [2.05, 4.69) is 31.3 Å². The van der Waals surface area contributed by atoms with Crippen molar-refractivity contribution >= 4 is 21.8 Å². The second kappa shape index (κ2) is 4.01. The van der Waals surface area contributed by atoms with E-state index in [-0.39, 0.29) is 11.5 Å². The van der Waals surface area contributed by atoms with Crippen LogP contribution in [0.15, 0.2) is 22.7 Å². The molecule has 0 aliphatic carbocycles. The molecule has 1 heterocycles. The minimum atomic E-state index is -0.694. The van der Waals surface area contributed by atoms with Crippen LogP contribution >= 0.6 is 15.9 Å². The number of H-pyrrole nitrogens is 1. The molecule has 7 heteroatoms. The number of benzene rings is 1. The molecule has 3 N–H and O–H groups in total. The smallest absolute Gasteiger partial charge is 0.271 e. The molecule has 1 amide bonds. The molecule has 1 aromatic carbocycles. The maximum atomic E-state index is 12.9. The van der Waals surface area contributed by atoms with Gasteiger partial charge < -0.3 is 5.73 Å². The van der Waals surface area contributed by atoms with Gasteiger partial charge in [-0.15, -0.1) is 0 Å². The summed E-state index contributed by atoms with van der Waals surface area (Å²) in [5.41, 5.74) is 5.98. The Labute approximate surface area is 98.0 Å². The van der Waals surface area contributed by atoms with E-state index < -0.39 is 5.91 Å². The van der Waals surface area contributed by atoms with E-state index >= 15 is 0 Å². The number of aromatic amines is 1. The zero-order chi connectivity index (χ0) is 11.7. The molecule has 2 aromatic rings. The molecule has 0 fully saturated rings. The number of nitrogens with zero attached hydrogens (tertiary/aromatic N) is 2. The van der Waals surface area contributed by atoms with Crippen molar-refractivity contribution < 1.29 is 9.18 Å². The maximum absolute atomic E-state index is 12.9. The summed E-state index contributed by atoms with van der Waals surface area (Å²) in [6, 6.07) is 4.03. The van der Waals surface area contributed by atoms with Crippen LogP contribution in [0, 0.1) is 5.82 Å². The number of halogens is 2. The van der Waals surface area contributed by atoms with Gasteiger partial charge in [0.15, 0.2) is 5.69 Å². The summed E-state index contributed by atoms with van der Waals surface area (Å²) in [5, 5.41) is 9.74. The van der Waals surface area contributed by atoms with Crippen molar-refractivity contribution in [3.8, 4) is 11.3 Å². The topological polar surface area (TPSA) is 84.7 Å². The van der Waals surface area contributed by atoms with Gasteiger partial charge >= 0.3 is 0 Å². The van der Waals surface area contributed by atoms with Crippen molar-refractivity contribution in [1.29, 1.82) is 0 Å². The van der Waals surface area contributed by atoms with Crippen molar-refractivity contribution in [2.24, 2.45) is 5.73 Å². The molecule has 16 heavy (non-hydrogen) atoms. The third kappa shape index (κ3) is 1.81. The van der Waals surface area contributed by atoms with Crippen LogP contribution in [0.2, 0.25) is 0 Å². The Hall–Kier alpha value is -1.76. The van der Waals surface area contributed by atoms with Crippen LogP contribution in [0.1, 0.15) is 10.5 Å². The van der Waals surface area contributed by atoms with Gasteiger partial charge in [0, 0.05) is 10.0 Å². The number of amides is 1. The molecular formula is C9H6BrFN4O. The molecule has 0 saturated carbocycles. The average Bonchev–Trinajstić information content (AvgIpc) is 2.66. The minimum absolute atomic E-state index is 0.0207. The standard InChI is InChI=1S/C9H6BrFN4O/c10-6-3-4(11)1-2-5(6)7-8(9(12)16)14-15-13-7/h1-3H,(H2,12,16)(H,13,14,15). The summed E-state index contributed by atoms with van der Waals surface area (Å²) in [5.74, 6) is -1.08. The normalized spacial score (nSPS) is 10.4. The number of nitrogens with two attached hydrogens (primary N) is 1. The molecule has 0 aliphatic rings. The molecule has 5 nitrogen and oxygen atoms in total. The fourth-order valence-electron chi connectivity index (χ4n) is 1.27. The summed E-state index contributed by atoms with van der Waals surface area (Å²) in [6.45, 7) is 0. The zero-order valence-electron chi connectivity index (χ0n) is 7.87. The van der Waals surface area contributed by atoms with Gasteiger partial charge in [0.2, 0.25) is 0 Å². The van der Waals surface area contributed by atoms with Crippen LogP contribution in [0.25, 0.3) is 11.3 Å². The van der Waals surface area contributed by atoms with E-state index in [1.54, 1.807) is 0 Å². The quantitative estimate of drug-likeness (QED) is 0.876. The van der Waals surface area contributed by atoms with Crippen LogP contribution in [-0.4, -0.2) is 21.3 Å². The maximum Gasteiger partial charge on any atom is 0.271 e. The molecule has 0 unspecified atom stereocenters. The largest absolute Gasteiger partial charge is 0.364 e. The predicted molar refractivity (Wildman–Crippen MR) is 58.0 cm³/mol. The van der Waals surface area contributed by atoms with Gasteiger partial charge in [-0.1, -0.05) is 0 Å². The fourth-order valence-corrected chi connectivity index (χ4v) is 1.81. The lowest BCUT2D eigenvalue weighted by atomic mass is 10.1. The van der Waals surface area contributed by atoms with Crippen LogP contribution in [-0.2, 0) is 0 Å². The summed E-state index contributed by atoms with van der Waals surface area (Å²) in [4.78, 5) is 11.0. The van der Waals surface area contributed by atoms with Gasteiger partial charge in [-0.2, -0.15) is 15.4 Å². The van der Waals surface area contributed by atoms with Gasteiger partial charge in [0.05, 0.1) is 0 Å². The zero-order valence-corrected chi connectivity index (χ0v) is 9.45. The molecule has 0 spiro atoms. The first kappa shape index (κ1) is 10.7. The third-order valence-corrected chi connectivity index (χ3v) is 2.62. The molecule has 0 bridgehead atoms. The SMILES string of the molecule is NC(=O)c1n[nH]nc1-c1ccc(F)cc1Br. The number of hydrogen-bond donors (Lipinski definition) is 2. The molecule has 2 rings (SSSR count). The van der Waals surface area contributed by atoms with Crippen molar-refractivity contribution in [1.82, 2.24) is 15.4 Å². The lowest BCUT2D eigenvalue weighted by Gasteiger charge is -2.01. The van der Waals surface area contributed by atoms with Crippen LogP contribution in [0.5, 0.6) is 0 Å². The van der Waals surface area contributed by atoms with Gasteiger partial charge in [-0.3, -0.25) is 4.79 Å². The van der Waals surface area contributed by atoms with Gasteiger partial charge in [-0.25, -0.2) is 4.39 Å². The van der Waals surface area contributed by atoms with Crippen LogP contribution in [0.4, 0.5) is 4.39 Å². The van der Waals surface area contributed by atoms with Crippen molar-refractivity contribution in [2.45, 2.75) is 0 Å². The Morgan fingerprint density at radius 2 is 2.19 bits per heavy atom. The summed E-state index contributed by atoms with van der Waals surface area (Å²) in [7, 11) is 0. The Balaban J connectivity index is 2.59. The first-order chi connectivity index (χ1) is 7.59. The summed E-state index contributed by atoms with van der Waals surface area (Å²) in [6.07, 6.45) is 0. The van der Waals surface area contributed by atoms with E-state index in [0.717, 1.165) is 0 Å². The number of rotatable bonds is 2. The second-order valence-electron chi connectivity index (χ2n) is 3.01. The number of carbonyl (C=O) groups excluding carboxylic acids is 1. The molecule has 0 aliphatic heterocycles. The van der Waals surface area contributed by atoms with E-state index in [9.17, 15) is 9.18 Å². The first-order valence-corrected chi connectivity index (χ1v) is 5.05. The number of carbonyl (C=O) groups is 1. The molecule has 0 atom stereocenters. The first-order valence-electron chi connectivity index (χ1n) is 4.25. The highest BCUT2D eigenvalue weighted by Gasteiger charge is 2.17. The van der Waals surface area contributed by atoms with Crippen molar-refractivity contribution in [3.05, 3.63) is 34.2 Å². The average molecular weight is 285 g/mol. The molecule has 82 valence electrons. The van der Waals surface area contributed by atoms with E-state index in [4.69, 9.17) is 5.73 Å². The molecular weight excluding hydrogens is 279 g/mol. The highest BCUT2D eigenvalue weighted by molar-refractivity contribution is 9.10. The van der Waals surface area contributed by atoms with Gasteiger partial charge in [-0.05, 0) is 34.1 Å². The molecule has 0 radical (unpaired) electrons. The monoisotopic (exact) mass is 284 g/mol. The Kier molecular flexibility index (Phi) is 2.69. The van der Waals surface area contributed by atoms with Crippen LogP contribution in [0.3, 0.4) is 0 Å². The molecule has 0 saturated heterocycles. The van der Waals surface area contributed by atoms with E-state index in [1.165, 1.54) is 18.2 Å².